The molecule has 1 heterocycles. The summed E-state index contributed by atoms with van der Waals surface area (Å²) in [4.78, 5) is 12.0. The van der Waals surface area contributed by atoms with Gasteiger partial charge in [0.25, 0.3) is 0 Å². The van der Waals surface area contributed by atoms with Crippen molar-refractivity contribution in [2.24, 2.45) is 0 Å². The molecule has 0 aliphatic heterocycles. The van der Waals surface area contributed by atoms with Gasteiger partial charge in [-0.25, -0.2) is 17.2 Å². The van der Waals surface area contributed by atoms with Crippen LogP contribution in [0.2, 0.25) is 0 Å². The lowest BCUT2D eigenvalue weighted by molar-refractivity contribution is 0.0599. The molecule has 0 saturated carbocycles. The zero-order valence-corrected chi connectivity index (χ0v) is 13.0. The summed E-state index contributed by atoms with van der Waals surface area (Å²) in [5, 5.41) is 0.832. The molecule has 5 nitrogen and oxygen atoms in total. The van der Waals surface area contributed by atoms with Crippen LogP contribution in [0, 0.1) is 20.8 Å². The van der Waals surface area contributed by atoms with Crippen molar-refractivity contribution in [3.8, 4) is 0 Å². The van der Waals surface area contributed by atoms with Gasteiger partial charge in [0, 0.05) is 11.6 Å². The maximum atomic E-state index is 12.0. The molecular formula is C14H17NO4S. The topological polar surface area (TPSA) is 65.4 Å². The Balaban J connectivity index is 3.03. The first kappa shape index (κ1) is 14.6. The molecule has 0 aliphatic carbocycles. The summed E-state index contributed by atoms with van der Waals surface area (Å²) in [6.07, 6.45) is 2.65. The highest BCUT2D eigenvalue weighted by molar-refractivity contribution is 7.89. The first-order chi connectivity index (χ1) is 9.20. The van der Waals surface area contributed by atoms with E-state index in [9.17, 15) is 13.2 Å². The molecule has 1 aromatic heterocycles. The van der Waals surface area contributed by atoms with E-state index >= 15 is 0 Å². The van der Waals surface area contributed by atoms with Crippen LogP contribution in [-0.4, -0.2) is 31.7 Å². The van der Waals surface area contributed by atoms with Crippen LogP contribution in [0.1, 0.15) is 27.0 Å². The monoisotopic (exact) mass is 295 g/mol. The molecule has 108 valence electrons. The fraction of sp³-hybridized carbons (Fsp3) is 0.357. The van der Waals surface area contributed by atoms with Gasteiger partial charge in [0.2, 0.25) is 10.0 Å². The number of ether oxygens (including phenoxy) is 1. The van der Waals surface area contributed by atoms with Crippen LogP contribution >= 0.6 is 0 Å². The molecule has 0 spiro atoms. The first-order valence-corrected chi connectivity index (χ1v) is 7.94. The van der Waals surface area contributed by atoms with E-state index in [0.717, 1.165) is 22.8 Å². The average Bonchev–Trinajstić information content (AvgIpc) is 2.80. The maximum absolute atomic E-state index is 12.0. The van der Waals surface area contributed by atoms with Gasteiger partial charge in [-0.1, -0.05) is 0 Å². The number of benzene rings is 1. The summed E-state index contributed by atoms with van der Waals surface area (Å²) in [6, 6.07) is 1.76. The van der Waals surface area contributed by atoms with Gasteiger partial charge in [-0.2, -0.15) is 0 Å². The van der Waals surface area contributed by atoms with Gasteiger partial charge in [-0.15, -0.1) is 0 Å². The third-order valence-electron chi connectivity index (χ3n) is 3.67. The Morgan fingerprint density at radius 3 is 2.25 bits per heavy atom. The van der Waals surface area contributed by atoms with E-state index in [0.29, 0.717) is 16.6 Å². The van der Waals surface area contributed by atoms with E-state index in [2.05, 4.69) is 0 Å². The number of methoxy groups -OCH3 is 1. The minimum absolute atomic E-state index is 0.432. The van der Waals surface area contributed by atoms with Gasteiger partial charge in [0.15, 0.2) is 0 Å². The second-order valence-electron chi connectivity index (χ2n) is 4.88. The lowest BCUT2D eigenvalue weighted by atomic mass is 9.95. The zero-order valence-electron chi connectivity index (χ0n) is 12.1. The maximum Gasteiger partial charge on any atom is 0.338 e. The highest BCUT2D eigenvalue weighted by atomic mass is 32.2. The molecular weight excluding hydrogens is 278 g/mol. The Bertz CT molecular complexity index is 816. The van der Waals surface area contributed by atoms with Gasteiger partial charge in [0.05, 0.1) is 24.4 Å². The van der Waals surface area contributed by atoms with Crippen molar-refractivity contribution in [3.63, 3.8) is 0 Å². The number of hydrogen-bond acceptors (Lipinski definition) is 4. The van der Waals surface area contributed by atoms with Gasteiger partial charge in [-0.3, -0.25) is 0 Å². The van der Waals surface area contributed by atoms with Crippen LogP contribution in [0.15, 0.2) is 12.3 Å². The predicted octanol–water partition coefficient (Wildman–Crippen LogP) is 2.16. The van der Waals surface area contributed by atoms with Crippen molar-refractivity contribution in [1.29, 1.82) is 0 Å². The van der Waals surface area contributed by atoms with Gasteiger partial charge in [0.1, 0.15) is 0 Å². The van der Waals surface area contributed by atoms with E-state index < -0.39 is 16.0 Å². The minimum atomic E-state index is -3.42. The van der Waals surface area contributed by atoms with Crippen molar-refractivity contribution >= 4 is 26.9 Å². The van der Waals surface area contributed by atoms with Gasteiger partial charge < -0.3 is 4.74 Å². The number of fused-ring (bicyclic) bond motifs is 1. The summed E-state index contributed by atoms with van der Waals surface area (Å²) in [7, 11) is -2.11. The molecule has 2 rings (SSSR count). The number of carbonyl (C=O) groups is 1. The number of esters is 1. The summed E-state index contributed by atoms with van der Waals surface area (Å²) in [6.45, 7) is 5.45. The molecule has 20 heavy (non-hydrogen) atoms. The highest BCUT2D eigenvalue weighted by Gasteiger charge is 2.22. The second kappa shape index (κ2) is 4.63. The number of hydrogen-bond donors (Lipinski definition) is 0. The highest BCUT2D eigenvalue weighted by Crippen LogP contribution is 2.31. The predicted molar refractivity (Wildman–Crippen MR) is 77.7 cm³/mol. The van der Waals surface area contributed by atoms with Crippen LogP contribution in [0.4, 0.5) is 0 Å². The molecule has 2 aromatic rings. The van der Waals surface area contributed by atoms with E-state index in [1.54, 1.807) is 13.0 Å². The van der Waals surface area contributed by atoms with E-state index in [1.165, 1.54) is 17.3 Å². The van der Waals surface area contributed by atoms with E-state index in [1.807, 2.05) is 13.8 Å². The molecule has 0 radical (unpaired) electrons. The van der Waals surface area contributed by atoms with Gasteiger partial charge in [-0.05, 0) is 43.5 Å². The molecule has 0 N–H and O–H groups in total. The Hall–Kier alpha value is -1.82. The standard InChI is InChI=1S/C14H17NO4S/c1-8-9(2)12(14(16)19-4)10(3)13-11(8)6-7-15(13)20(5,17)18/h6-7H,1-5H3. The lowest BCUT2D eigenvalue weighted by Gasteiger charge is -2.14. The molecule has 0 fully saturated rings. The first-order valence-electron chi connectivity index (χ1n) is 6.09. The lowest BCUT2D eigenvalue weighted by Crippen LogP contribution is -2.13. The molecule has 1 aromatic carbocycles. The van der Waals surface area contributed by atoms with Crippen molar-refractivity contribution in [2.45, 2.75) is 20.8 Å². The summed E-state index contributed by atoms with van der Waals surface area (Å²) in [5.41, 5.74) is 3.28. The zero-order chi connectivity index (χ0) is 15.2. The summed E-state index contributed by atoms with van der Waals surface area (Å²) < 4.78 is 29.7. The van der Waals surface area contributed by atoms with Crippen molar-refractivity contribution in [2.75, 3.05) is 13.4 Å². The van der Waals surface area contributed by atoms with Crippen LogP contribution in [-0.2, 0) is 14.8 Å². The fourth-order valence-electron chi connectivity index (χ4n) is 2.56. The van der Waals surface area contributed by atoms with Crippen LogP contribution < -0.4 is 0 Å². The van der Waals surface area contributed by atoms with Crippen molar-refractivity contribution < 1.29 is 17.9 Å². The quantitative estimate of drug-likeness (QED) is 0.796. The van der Waals surface area contributed by atoms with Crippen LogP contribution in [0.5, 0.6) is 0 Å². The number of rotatable bonds is 2. The van der Waals surface area contributed by atoms with Crippen molar-refractivity contribution in [3.05, 3.63) is 34.5 Å². The molecule has 0 saturated heterocycles. The van der Waals surface area contributed by atoms with E-state index in [4.69, 9.17) is 4.74 Å². The van der Waals surface area contributed by atoms with Crippen molar-refractivity contribution in [1.82, 2.24) is 3.97 Å². The molecule has 0 aliphatic rings. The Morgan fingerprint density at radius 1 is 1.15 bits per heavy atom. The summed E-state index contributed by atoms with van der Waals surface area (Å²) >= 11 is 0. The molecule has 0 amide bonds. The normalized spacial score (nSPS) is 11.8. The third kappa shape index (κ3) is 2.00. The molecule has 0 unspecified atom stereocenters. The molecule has 0 bridgehead atoms. The SMILES string of the molecule is COC(=O)c1c(C)c(C)c2ccn(S(C)(=O)=O)c2c1C. The average molecular weight is 295 g/mol. The van der Waals surface area contributed by atoms with Crippen LogP contribution in [0.25, 0.3) is 10.9 Å². The number of aryl methyl sites for hydroxylation is 2. The molecule has 6 heteroatoms. The largest absolute Gasteiger partial charge is 0.465 e. The summed E-state index contributed by atoms with van der Waals surface area (Å²) in [5.74, 6) is -0.453. The van der Waals surface area contributed by atoms with E-state index in [-0.39, 0.29) is 0 Å². The fourth-order valence-corrected chi connectivity index (χ4v) is 3.41. The number of aromatic nitrogens is 1. The number of nitrogens with zero attached hydrogens (tertiary/aromatic N) is 1. The Kier molecular flexibility index (Phi) is 3.37. The van der Waals surface area contributed by atoms with Crippen LogP contribution in [0.3, 0.4) is 0 Å². The Morgan fingerprint density at radius 2 is 1.75 bits per heavy atom. The number of carbonyl (C=O) groups excluding carboxylic acids is 1. The Labute approximate surface area is 118 Å². The minimum Gasteiger partial charge on any atom is -0.465 e. The second-order valence-corrected chi connectivity index (χ2v) is 6.74. The smallest absolute Gasteiger partial charge is 0.338 e. The van der Waals surface area contributed by atoms with Gasteiger partial charge >= 0.3 is 5.97 Å². The molecule has 0 atom stereocenters. The third-order valence-corrected chi connectivity index (χ3v) is 4.69.